The normalized spacial score (nSPS) is 13.0. The molecule has 6 nitrogen and oxygen atoms in total. The molecule has 14 aromatic rings. The third kappa shape index (κ3) is 5.93. The molecule has 10 aromatic carbocycles. The van der Waals surface area contributed by atoms with Crippen LogP contribution >= 0.6 is 0 Å². The van der Waals surface area contributed by atoms with Crippen LogP contribution in [-0.2, 0) is 5.41 Å². The van der Waals surface area contributed by atoms with Crippen LogP contribution in [0.5, 0.6) is 0 Å². The van der Waals surface area contributed by atoms with Gasteiger partial charge in [-0.1, -0.05) is 172 Å². The van der Waals surface area contributed by atoms with Crippen LogP contribution in [0.1, 0.15) is 25.0 Å². The molecule has 0 amide bonds. The Morgan fingerprint density at radius 1 is 0.361 bits per heavy atom. The summed E-state index contributed by atoms with van der Waals surface area (Å²) in [5, 5.41) is 6.97. The lowest BCUT2D eigenvalue weighted by molar-refractivity contribution is 0.666. The zero-order valence-electron chi connectivity index (χ0n) is 39.5. The summed E-state index contributed by atoms with van der Waals surface area (Å²) >= 11 is 0. The molecule has 72 heavy (non-hydrogen) atoms. The minimum Gasteiger partial charge on any atom is -0.456 e. The maximum absolute atomic E-state index is 6.67. The number of furan rings is 1. The molecule has 0 saturated carbocycles. The number of hydrogen-bond acceptors (Lipinski definition) is 4. The highest BCUT2D eigenvalue weighted by molar-refractivity contribution is 6.17. The van der Waals surface area contributed by atoms with E-state index in [4.69, 9.17) is 19.4 Å². The molecule has 1 aliphatic rings. The second-order valence-corrected chi connectivity index (χ2v) is 19.5. The summed E-state index contributed by atoms with van der Waals surface area (Å²) < 4.78 is 11.3. The van der Waals surface area contributed by atoms with Gasteiger partial charge in [0.05, 0.1) is 22.1 Å². The molecule has 4 aromatic heterocycles. The van der Waals surface area contributed by atoms with Crippen molar-refractivity contribution in [1.82, 2.24) is 24.1 Å². The average Bonchev–Trinajstić information content (AvgIpc) is 4.16. The lowest BCUT2D eigenvalue weighted by Crippen LogP contribution is -2.15. The predicted molar refractivity (Wildman–Crippen MR) is 295 cm³/mol. The van der Waals surface area contributed by atoms with Gasteiger partial charge < -0.3 is 8.98 Å². The van der Waals surface area contributed by atoms with Crippen molar-refractivity contribution in [3.05, 3.63) is 236 Å². The standard InChI is InChI=1S/C66H43N5O/c1-66(2)53-26-14-12-23-47(53)49-32-35-57-61(62(49)66)51-37-42(29-33-56(51)71(57)65-68-63(40-17-6-3-7-18-40)67-64(69-65)41-19-8-4-9-20-41)43-31-36-58-52(38-43)60-46(25-16-28-59(60)72-58)44-30-34-55-50(39-44)48-24-13-15-27-54(48)70(55)45-21-10-5-11-22-45/h3-39H,1-2H3. The number of fused-ring (bicyclic) bond motifs is 13. The first-order valence-electron chi connectivity index (χ1n) is 24.6. The minimum absolute atomic E-state index is 0.269. The van der Waals surface area contributed by atoms with Gasteiger partial charge in [0.2, 0.25) is 5.95 Å². The van der Waals surface area contributed by atoms with Gasteiger partial charge in [-0.3, -0.25) is 4.57 Å². The molecule has 0 bridgehead atoms. The average molecular weight is 922 g/mol. The molecule has 0 saturated heterocycles. The summed E-state index contributed by atoms with van der Waals surface area (Å²) in [4.78, 5) is 15.6. The van der Waals surface area contributed by atoms with E-state index in [1.54, 1.807) is 0 Å². The van der Waals surface area contributed by atoms with E-state index in [9.17, 15) is 0 Å². The van der Waals surface area contributed by atoms with Crippen molar-refractivity contribution in [2.45, 2.75) is 19.3 Å². The van der Waals surface area contributed by atoms with E-state index in [0.29, 0.717) is 17.6 Å². The Hall–Kier alpha value is -9.39. The van der Waals surface area contributed by atoms with E-state index in [0.717, 1.165) is 77.4 Å². The molecule has 0 aliphatic heterocycles. The number of nitrogens with zero attached hydrogens (tertiary/aromatic N) is 5. The van der Waals surface area contributed by atoms with Gasteiger partial charge in [-0.15, -0.1) is 0 Å². The Kier molecular flexibility index (Phi) is 8.61. The molecule has 338 valence electrons. The highest BCUT2D eigenvalue weighted by atomic mass is 16.3. The summed E-state index contributed by atoms with van der Waals surface area (Å²) in [6.45, 7) is 4.73. The fraction of sp³-hybridized carbons (Fsp3) is 0.0455. The van der Waals surface area contributed by atoms with Gasteiger partial charge in [0.15, 0.2) is 11.6 Å². The minimum atomic E-state index is -0.269. The number of para-hydroxylation sites is 2. The monoisotopic (exact) mass is 921 g/mol. The van der Waals surface area contributed by atoms with Gasteiger partial charge in [0, 0.05) is 54.5 Å². The maximum Gasteiger partial charge on any atom is 0.238 e. The Morgan fingerprint density at radius 3 is 1.71 bits per heavy atom. The van der Waals surface area contributed by atoms with Crippen LogP contribution in [0, 0.1) is 0 Å². The maximum atomic E-state index is 6.67. The number of benzene rings is 10. The molecule has 0 atom stereocenters. The Morgan fingerprint density at radius 2 is 0.944 bits per heavy atom. The van der Waals surface area contributed by atoms with E-state index >= 15 is 0 Å². The second-order valence-electron chi connectivity index (χ2n) is 19.5. The summed E-state index contributed by atoms with van der Waals surface area (Å²) in [5.74, 6) is 1.82. The lowest BCUT2D eigenvalue weighted by atomic mass is 9.80. The van der Waals surface area contributed by atoms with E-state index in [-0.39, 0.29) is 5.41 Å². The quantitative estimate of drug-likeness (QED) is 0.167. The summed E-state index contributed by atoms with van der Waals surface area (Å²) in [6.07, 6.45) is 0. The molecule has 4 heterocycles. The number of aromatic nitrogens is 5. The largest absolute Gasteiger partial charge is 0.456 e. The highest BCUT2D eigenvalue weighted by Crippen LogP contribution is 2.53. The van der Waals surface area contributed by atoms with E-state index < -0.39 is 0 Å². The number of hydrogen-bond donors (Lipinski definition) is 0. The van der Waals surface area contributed by atoms with Gasteiger partial charge in [0.25, 0.3) is 0 Å². The van der Waals surface area contributed by atoms with E-state index in [1.807, 2.05) is 36.4 Å². The van der Waals surface area contributed by atoms with E-state index in [2.05, 4.69) is 211 Å². The summed E-state index contributed by atoms with van der Waals surface area (Å²) in [6, 6.07) is 80.0. The molecule has 0 radical (unpaired) electrons. The first-order valence-corrected chi connectivity index (χ1v) is 24.6. The Labute approximate surface area is 414 Å². The van der Waals surface area contributed by atoms with Crippen LogP contribution in [0.15, 0.2) is 229 Å². The van der Waals surface area contributed by atoms with Gasteiger partial charge in [-0.25, -0.2) is 4.98 Å². The van der Waals surface area contributed by atoms with Crippen molar-refractivity contribution in [2.75, 3.05) is 0 Å². The third-order valence-corrected chi connectivity index (χ3v) is 15.2. The van der Waals surface area contributed by atoms with Crippen LogP contribution in [0.3, 0.4) is 0 Å². The first-order chi connectivity index (χ1) is 35.5. The molecule has 0 unspecified atom stereocenters. The van der Waals surface area contributed by atoms with Crippen LogP contribution in [0.2, 0.25) is 0 Å². The molecule has 1 aliphatic carbocycles. The van der Waals surface area contributed by atoms with Gasteiger partial charge in [-0.05, 0) is 111 Å². The van der Waals surface area contributed by atoms with Crippen LogP contribution < -0.4 is 0 Å². The third-order valence-electron chi connectivity index (χ3n) is 15.2. The van der Waals surface area contributed by atoms with Crippen molar-refractivity contribution in [2.24, 2.45) is 0 Å². The fourth-order valence-corrected chi connectivity index (χ4v) is 11.9. The fourth-order valence-electron chi connectivity index (χ4n) is 11.9. The first kappa shape index (κ1) is 40.5. The molecular formula is C66H43N5O. The topological polar surface area (TPSA) is 61.7 Å². The SMILES string of the molecule is CC1(C)c2ccccc2-c2ccc3c(c21)c1cc(-c2ccc4oc5cccc(-c6ccc7c(c6)c6ccccc6n7-c6ccccc6)c5c4c2)ccc1n3-c1nc(-c2ccccc2)nc(-c2ccccc2)n1. The molecule has 15 rings (SSSR count). The number of rotatable bonds is 6. The van der Waals surface area contributed by atoms with Crippen molar-refractivity contribution in [3.63, 3.8) is 0 Å². The van der Waals surface area contributed by atoms with Gasteiger partial charge >= 0.3 is 0 Å². The van der Waals surface area contributed by atoms with Crippen LogP contribution in [-0.4, -0.2) is 24.1 Å². The smallest absolute Gasteiger partial charge is 0.238 e. The molecule has 0 fully saturated rings. The zero-order chi connectivity index (χ0) is 47.7. The molecule has 0 spiro atoms. The summed E-state index contributed by atoms with van der Waals surface area (Å²) in [5.41, 5.74) is 18.6. The molecule has 6 heteroatoms. The van der Waals surface area contributed by atoms with Crippen LogP contribution in [0.25, 0.3) is 133 Å². The van der Waals surface area contributed by atoms with E-state index in [1.165, 1.54) is 49.4 Å². The van der Waals surface area contributed by atoms with Crippen LogP contribution in [0.4, 0.5) is 0 Å². The van der Waals surface area contributed by atoms with Crippen molar-refractivity contribution >= 4 is 65.6 Å². The van der Waals surface area contributed by atoms with Crippen molar-refractivity contribution < 1.29 is 4.42 Å². The van der Waals surface area contributed by atoms with Gasteiger partial charge in [-0.2, -0.15) is 9.97 Å². The van der Waals surface area contributed by atoms with Crippen molar-refractivity contribution in [1.29, 1.82) is 0 Å². The van der Waals surface area contributed by atoms with Crippen molar-refractivity contribution in [3.8, 4) is 67.8 Å². The second kappa shape index (κ2) is 15.3. The molecule has 0 N–H and O–H groups in total. The Bertz CT molecular complexity index is 4470. The lowest BCUT2D eigenvalue weighted by Gasteiger charge is -2.22. The van der Waals surface area contributed by atoms with Gasteiger partial charge in [0.1, 0.15) is 11.2 Å². The zero-order valence-corrected chi connectivity index (χ0v) is 39.5. The predicted octanol–water partition coefficient (Wildman–Crippen LogP) is 16.9. The Balaban J connectivity index is 0.943. The highest BCUT2D eigenvalue weighted by Gasteiger charge is 2.38. The summed E-state index contributed by atoms with van der Waals surface area (Å²) in [7, 11) is 0. The molecular weight excluding hydrogens is 879 g/mol.